The lowest BCUT2D eigenvalue weighted by atomic mass is 10.0. The van der Waals surface area contributed by atoms with Crippen LogP contribution in [0, 0.1) is 5.82 Å². The summed E-state index contributed by atoms with van der Waals surface area (Å²) in [5.74, 6) is -0.549. The van der Waals surface area contributed by atoms with E-state index in [0.29, 0.717) is 10.7 Å². The molecule has 6 nitrogen and oxygen atoms in total. The van der Waals surface area contributed by atoms with Crippen LogP contribution < -0.4 is 5.32 Å². The lowest BCUT2D eigenvalue weighted by Gasteiger charge is -2.21. The van der Waals surface area contributed by atoms with Crippen LogP contribution in [-0.2, 0) is 0 Å². The van der Waals surface area contributed by atoms with Crippen LogP contribution in [0.3, 0.4) is 0 Å². The van der Waals surface area contributed by atoms with Crippen LogP contribution in [0.15, 0.2) is 48.0 Å². The van der Waals surface area contributed by atoms with Gasteiger partial charge in [0.05, 0.1) is 11.3 Å². The molecular weight excluding hydrogens is 415 g/mol. The fourth-order valence-electron chi connectivity index (χ4n) is 3.98. The van der Waals surface area contributed by atoms with Crippen molar-refractivity contribution in [3.63, 3.8) is 0 Å². The summed E-state index contributed by atoms with van der Waals surface area (Å²) in [4.78, 5) is 24.6. The number of hydrogen-bond donors (Lipinski definition) is 3. The molecule has 0 bridgehead atoms. The maximum Gasteiger partial charge on any atom is 0.280 e. The average molecular weight is 437 g/mol. The van der Waals surface area contributed by atoms with E-state index in [1.807, 2.05) is 17.5 Å². The monoisotopic (exact) mass is 436 g/mol. The number of halogens is 1. The Morgan fingerprint density at radius 3 is 2.74 bits per heavy atom. The van der Waals surface area contributed by atoms with E-state index in [-0.39, 0.29) is 18.3 Å². The summed E-state index contributed by atoms with van der Waals surface area (Å²) in [6, 6.07) is 10.2. The Kier molecular flexibility index (Phi) is 5.03. The smallest absolute Gasteiger partial charge is 0.280 e. The number of aliphatic hydroxyl groups is 1. The van der Waals surface area contributed by atoms with Gasteiger partial charge < -0.3 is 15.4 Å². The summed E-state index contributed by atoms with van der Waals surface area (Å²) >= 11 is 1.27. The molecule has 1 amide bonds. The van der Waals surface area contributed by atoms with Crippen molar-refractivity contribution < 1.29 is 14.3 Å². The van der Waals surface area contributed by atoms with Crippen LogP contribution in [0.4, 0.5) is 4.39 Å². The molecule has 0 unspecified atom stereocenters. The number of carbonyl (C=O) groups is 1. The zero-order valence-electron chi connectivity index (χ0n) is 16.7. The van der Waals surface area contributed by atoms with Gasteiger partial charge in [-0.05, 0) is 54.8 Å². The zero-order chi connectivity index (χ0) is 21.4. The van der Waals surface area contributed by atoms with Crippen LogP contribution in [0.5, 0.6) is 0 Å². The Morgan fingerprint density at radius 1 is 1.19 bits per heavy atom. The minimum absolute atomic E-state index is 0.254. The molecular formula is C23H21FN4O2S. The van der Waals surface area contributed by atoms with Crippen molar-refractivity contribution in [3.05, 3.63) is 58.8 Å². The number of carbonyl (C=O) groups excluding carboxylic acids is 1. The number of thiazole rings is 1. The predicted octanol–water partition coefficient (Wildman–Crippen LogP) is 4.53. The molecule has 1 aliphatic rings. The van der Waals surface area contributed by atoms with E-state index in [1.54, 1.807) is 18.3 Å². The van der Waals surface area contributed by atoms with Crippen LogP contribution in [0.2, 0.25) is 0 Å². The fourth-order valence-corrected chi connectivity index (χ4v) is 4.72. The minimum Gasteiger partial charge on any atom is -0.388 e. The molecule has 0 radical (unpaired) electrons. The summed E-state index contributed by atoms with van der Waals surface area (Å²) in [6.07, 6.45) is 5.14. The third-order valence-corrected chi connectivity index (χ3v) is 6.57. The molecule has 0 atom stereocenters. The summed E-state index contributed by atoms with van der Waals surface area (Å²) in [5, 5.41) is 16.3. The number of H-pyrrole nitrogens is 1. The quantitative estimate of drug-likeness (QED) is 0.429. The van der Waals surface area contributed by atoms with E-state index in [9.17, 15) is 14.3 Å². The topological polar surface area (TPSA) is 90.9 Å². The SMILES string of the molecule is O=C(NCC1(O)CCCC1)c1nc(-c2cnc3[nH]c(-c4ccc(F)cc4)cc3c2)cs1. The Balaban J connectivity index is 1.34. The summed E-state index contributed by atoms with van der Waals surface area (Å²) in [5.41, 5.74) is 3.14. The average Bonchev–Trinajstić information content (AvgIpc) is 3.51. The van der Waals surface area contributed by atoms with Gasteiger partial charge in [-0.15, -0.1) is 11.3 Å². The predicted molar refractivity (Wildman–Crippen MR) is 118 cm³/mol. The number of aromatic amines is 1. The second kappa shape index (κ2) is 7.86. The second-order valence-electron chi connectivity index (χ2n) is 8.00. The molecule has 4 aromatic rings. The largest absolute Gasteiger partial charge is 0.388 e. The van der Waals surface area contributed by atoms with Crippen molar-refractivity contribution in [3.8, 4) is 22.5 Å². The summed E-state index contributed by atoms with van der Waals surface area (Å²) < 4.78 is 13.2. The molecule has 3 N–H and O–H groups in total. The van der Waals surface area contributed by atoms with Gasteiger partial charge in [-0.2, -0.15) is 0 Å². The van der Waals surface area contributed by atoms with Gasteiger partial charge in [-0.25, -0.2) is 14.4 Å². The molecule has 5 rings (SSSR count). The third kappa shape index (κ3) is 4.08. The first-order valence-electron chi connectivity index (χ1n) is 10.2. The highest BCUT2D eigenvalue weighted by Crippen LogP contribution is 2.30. The van der Waals surface area contributed by atoms with Gasteiger partial charge in [0.2, 0.25) is 0 Å². The molecule has 1 fully saturated rings. The molecule has 3 heterocycles. The van der Waals surface area contributed by atoms with Gasteiger partial charge in [-0.1, -0.05) is 12.8 Å². The number of benzene rings is 1. The molecule has 1 aliphatic carbocycles. The number of aromatic nitrogens is 3. The van der Waals surface area contributed by atoms with Crippen molar-refractivity contribution >= 4 is 28.3 Å². The number of pyridine rings is 1. The van der Waals surface area contributed by atoms with E-state index in [2.05, 4.69) is 20.3 Å². The lowest BCUT2D eigenvalue weighted by molar-refractivity contribution is 0.0449. The molecule has 3 aromatic heterocycles. The highest BCUT2D eigenvalue weighted by atomic mass is 32.1. The number of fused-ring (bicyclic) bond motifs is 1. The van der Waals surface area contributed by atoms with Crippen LogP contribution >= 0.6 is 11.3 Å². The highest BCUT2D eigenvalue weighted by Gasteiger charge is 2.31. The molecule has 0 aliphatic heterocycles. The van der Waals surface area contributed by atoms with Crippen LogP contribution in [0.1, 0.15) is 35.5 Å². The van der Waals surface area contributed by atoms with Gasteiger partial charge in [0, 0.05) is 34.8 Å². The number of amides is 1. The summed E-state index contributed by atoms with van der Waals surface area (Å²) in [7, 11) is 0. The van der Waals surface area contributed by atoms with Crippen molar-refractivity contribution in [2.45, 2.75) is 31.3 Å². The number of nitrogens with one attached hydrogen (secondary N) is 2. The molecule has 0 saturated heterocycles. The van der Waals surface area contributed by atoms with E-state index >= 15 is 0 Å². The number of hydrogen-bond acceptors (Lipinski definition) is 5. The molecule has 1 aromatic carbocycles. The Bertz CT molecular complexity index is 1240. The van der Waals surface area contributed by atoms with Crippen LogP contribution in [0.25, 0.3) is 33.5 Å². The molecule has 0 spiro atoms. The maximum absolute atomic E-state index is 13.2. The first-order chi connectivity index (χ1) is 15.0. The summed E-state index contributed by atoms with van der Waals surface area (Å²) in [6.45, 7) is 0.254. The van der Waals surface area contributed by atoms with E-state index < -0.39 is 5.60 Å². The number of rotatable bonds is 5. The van der Waals surface area contributed by atoms with Crippen molar-refractivity contribution in [1.82, 2.24) is 20.3 Å². The second-order valence-corrected chi connectivity index (χ2v) is 8.86. The molecule has 31 heavy (non-hydrogen) atoms. The first kappa shape index (κ1) is 19.8. The van der Waals surface area contributed by atoms with Gasteiger partial charge in [0.1, 0.15) is 11.5 Å². The van der Waals surface area contributed by atoms with E-state index in [1.165, 1.54) is 23.5 Å². The van der Waals surface area contributed by atoms with Crippen molar-refractivity contribution in [2.75, 3.05) is 6.54 Å². The maximum atomic E-state index is 13.2. The number of nitrogens with zero attached hydrogens (tertiary/aromatic N) is 2. The third-order valence-electron chi connectivity index (χ3n) is 5.73. The first-order valence-corrected chi connectivity index (χ1v) is 11.1. The standard InChI is InChI=1S/C23H21FN4O2S/c24-17-5-3-14(4-6-17)18-10-15-9-16(11-25-20(15)27-18)19-12-31-22(28-19)21(29)26-13-23(30)7-1-2-8-23/h3-6,9-12,30H,1-2,7-8,13H2,(H,25,27)(H,26,29). The van der Waals surface area contributed by atoms with Crippen LogP contribution in [-0.4, -0.2) is 38.1 Å². The Morgan fingerprint density at radius 2 is 1.97 bits per heavy atom. The van der Waals surface area contributed by atoms with Gasteiger partial charge in [-0.3, -0.25) is 4.79 Å². The normalized spacial score (nSPS) is 15.4. The van der Waals surface area contributed by atoms with Crippen molar-refractivity contribution in [2.24, 2.45) is 0 Å². The molecule has 8 heteroatoms. The van der Waals surface area contributed by atoms with Gasteiger partial charge in [0.25, 0.3) is 5.91 Å². The van der Waals surface area contributed by atoms with E-state index in [0.717, 1.165) is 53.5 Å². The van der Waals surface area contributed by atoms with E-state index in [4.69, 9.17) is 0 Å². The highest BCUT2D eigenvalue weighted by molar-refractivity contribution is 7.12. The minimum atomic E-state index is -0.790. The Hall–Kier alpha value is -3.10. The molecule has 1 saturated carbocycles. The van der Waals surface area contributed by atoms with Crippen molar-refractivity contribution in [1.29, 1.82) is 0 Å². The lowest BCUT2D eigenvalue weighted by Crippen LogP contribution is -2.40. The Labute approximate surface area is 182 Å². The van der Waals surface area contributed by atoms with Gasteiger partial charge >= 0.3 is 0 Å². The fraction of sp³-hybridized carbons (Fsp3) is 0.261. The van der Waals surface area contributed by atoms with Gasteiger partial charge in [0.15, 0.2) is 5.01 Å². The molecule has 158 valence electrons. The zero-order valence-corrected chi connectivity index (χ0v) is 17.5.